The number of hydrogen-bond donors (Lipinski definition) is 1. The van der Waals surface area contributed by atoms with Crippen LogP contribution in [0.4, 0.5) is 0 Å². The van der Waals surface area contributed by atoms with Gasteiger partial charge in [0, 0.05) is 22.2 Å². The third-order valence-corrected chi connectivity index (χ3v) is 4.30. The van der Waals surface area contributed by atoms with Crippen molar-refractivity contribution < 1.29 is 14.7 Å². The van der Waals surface area contributed by atoms with E-state index in [1.165, 1.54) is 6.08 Å². The van der Waals surface area contributed by atoms with E-state index in [0.717, 1.165) is 4.90 Å². The van der Waals surface area contributed by atoms with Crippen LogP contribution in [0, 0.1) is 0 Å². The number of ketones is 1. The summed E-state index contributed by atoms with van der Waals surface area (Å²) in [5.74, 6) is -0.902. The molecule has 0 bridgehead atoms. The quantitative estimate of drug-likeness (QED) is 0.880. The zero-order chi connectivity index (χ0) is 15.5. The van der Waals surface area contributed by atoms with Gasteiger partial charge in [0.05, 0.1) is 5.70 Å². The Morgan fingerprint density at radius 2 is 1.68 bits per heavy atom. The number of rotatable bonds is 1. The molecule has 0 radical (unpaired) electrons. The van der Waals surface area contributed by atoms with Gasteiger partial charge < -0.3 is 5.11 Å². The first-order valence-electron chi connectivity index (χ1n) is 6.72. The van der Waals surface area contributed by atoms with Gasteiger partial charge in [-0.1, -0.05) is 41.9 Å². The smallest absolute Gasteiger partial charge is 0.261 e. The lowest BCUT2D eigenvalue weighted by Gasteiger charge is -2.27. The predicted octanol–water partition coefficient (Wildman–Crippen LogP) is 2.56. The summed E-state index contributed by atoms with van der Waals surface area (Å²) in [6.45, 7) is 0. The Kier molecular flexibility index (Phi) is 2.58. The third-order valence-electron chi connectivity index (χ3n) is 4.05. The highest BCUT2D eigenvalue weighted by Crippen LogP contribution is 2.47. The molecule has 5 heteroatoms. The van der Waals surface area contributed by atoms with Gasteiger partial charge in [-0.25, -0.2) is 0 Å². The average molecular weight is 312 g/mol. The fraction of sp³-hybridized carbons (Fsp3) is 0.0588. The number of carbonyl (C=O) groups excluding carboxylic acids is 2. The maximum absolute atomic E-state index is 12.6. The fourth-order valence-corrected chi connectivity index (χ4v) is 3.14. The van der Waals surface area contributed by atoms with Gasteiger partial charge in [0.15, 0.2) is 0 Å². The van der Waals surface area contributed by atoms with Crippen molar-refractivity contribution in [3.05, 3.63) is 76.3 Å². The lowest BCUT2D eigenvalue weighted by molar-refractivity contribution is -0.141. The first kappa shape index (κ1) is 13.2. The fourth-order valence-electron chi connectivity index (χ4n) is 3.01. The van der Waals surface area contributed by atoms with Crippen molar-refractivity contribution in [3.63, 3.8) is 0 Å². The van der Waals surface area contributed by atoms with Gasteiger partial charge in [0.25, 0.3) is 5.91 Å². The molecule has 0 fully saturated rings. The summed E-state index contributed by atoms with van der Waals surface area (Å²) < 4.78 is 0. The third kappa shape index (κ3) is 1.51. The molecular weight excluding hydrogens is 302 g/mol. The van der Waals surface area contributed by atoms with Crippen LogP contribution in [0.25, 0.3) is 5.70 Å². The lowest BCUT2D eigenvalue weighted by atomic mass is 9.99. The van der Waals surface area contributed by atoms with Gasteiger partial charge in [-0.15, -0.1) is 0 Å². The Morgan fingerprint density at radius 3 is 2.41 bits per heavy atom. The largest absolute Gasteiger partial charge is 0.360 e. The summed E-state index contributed by atoms with van der Waals surface area (Å²) in [6.07, 6.45) is 1.30. The highest BCUT2D eigenvalue weighted by molar-refractivity contribution is 6.30. The number of aliphatic hydroxyl groups is 1. The van der Waals surface area contributed by atoms with Gasteiger partial charge in [-0.05, 0) is 23.8 Å². The first-order valence-corrected chi connectivity index (χ1v) is 7.10. The lowest BCUT2D eigenvalue weighted by Crippen LogP contribution is -2.43. The van der Waals surface area contributed by atoms with Gasteiger partial charge in [-0.2, -0.15) is 0 Å². The van der Waals surface area contributed by atoms with Crippen molar-refractivity contribution in [3.8, 4) is 0 Å². The molecule has 0 aliphatic carbocycles. The zero-order valence-corrected chi connectivity index (χ0v) is 12.0. The van der Waals surface area contributed by atoms with Crippen LogP contribution in [0.15, 0.2) is 54.6 Å². The van der Waals surface area contributed by atoms with Gasteiger partial charge in [-0.3, -0.25) is 14.5 Å². The van der Waals surface area contributed by atoms with E-state index in [4.69, 9.17) is 11.6 Å². The molecular formula is C17H10ClNO3. The standard InChI is InChI=1S/C17H10ClNO3/c18-11-7-5-10(6-8-11)14-9-15(20)17(22)13-4-2-1-3-12(13)16(21)19(14)17/h1-9,22H/t17-/m0/s1. The molecule has 1 amide bonds. The first-order chi connectivity index (χ1) is 10.5. The molecule has 1 N–H and O–H groups in total. The monoisotopic (exact) mass is 311 g/mol. The molecule has 2 aliphatic rings. The van der Waals surface area contributed by atoms with Gasteiger partial charge in [0.1, 0.15) is 0 Å². The zero-order valence-electron chi connectivity index (χ0n) is 11.3. The molecule has 22 heavy (non-hydrogen) atoms. The maximum atomic E-state index is 12.6. The summed E-state index contributed by atoms with van der Waals surface area (Å²) in [5, 5.41) is 11.4. The van der Waals surface area contributed by atoms with E-state index in [2.05, 4.69) is 0 Å². The summed E-state index contributed by atoms with van der Waals surface area (Å²) in [4.78, 5) is 26.2. The molecule has 2 heterocycles. The second kappa shape index (κ2) is 4.29. The molecule has 0 unspecified atom stereocenters. The average Bonchev–Trinajstić information content (AvgIpc) is 2.92. The molecule has 2 aromatic carbocycles. The van der Waals surface area contributed by atoms with E-state index in [1.54, 1.807) is 48.5 Å². The number of hydrogen-bond acceptors (Lipinski definition) is 3. The van der Waals surface area contributed by atoms with E-state index in [-0.39, 0.29) is 5.91 Å². The minimum Gasteiger partial charge on any atom is -0.360 e. The van der Waals surface area contributed by atoms with Crippen LogP contribution in [0.5, 0.6) is 0 Å². The molecule has 4 rings (SSSR count). The number of benzene rings is 2. The van der Waals surface area contributed by atoms with Crippen molar-refractivity contribution in [1.29, 1.82) is 0 Å². The van der Waals surface area contributed by atoms with Crippen molar-refractivity contribution in [2.24, 2.45) is 0 Å². The molecule has 0 saturated heterocycles. The van der Waals surface area contributed by atoms with Gasteiger partial charge >= 0.3 is 0 Å². The molecule has 2 aromatic rings. The number of fused-ring (bicyclic) bond motifs is 3. The Labute approximate surface area is 131 Å². The predicted molar refractivity (Wildman–Crippen MR) is 80.9 cm³/mol. The number of halogens is 1. The van der Waals surface area contributed by atoms with Crippen LogP contribution in [0.3, 0.4) is 0 Å². The Bertz CT molecular complexity index is 856. The molecule has 0 saturated carbocycles. The second-order valence-corrected chi connectivity index (χ2v) is 5.70. The van der Waals surface area contributed by atoms with Crippen LogP contribution < -0.4 is 0 Å². The SMILES string of the molecule is O=C1c2ccccc2[C@]2(O)C(=O)C=C(c3ccc(Cl)cc3)N12. The summed E-state index contributed by atoms with van der Waals surface area (Å²) in [5.41, 5.74) is -0.244. The van der Waals surface area contributed by atoms with Crippen LogP contribution >= 0.6 is 11.6 Å². The Balaban J connectivity index is 1.90. The summed E-state index contributed by atoms with van der Waals surface area (Å²) >= 11 is 5.87. The minimum absolute atomic E-state index is 0.324. The van der Waals surface area contributed by atoms with E-state index in [9.17, 15) is 14.7 Å². The van der Waals surface area contributed by atoms with Crippen LogP contribution in [0.2, 0.25) is 5.02 Å². The topological polar surface area (TPSA) is 57.6 Å². The summed E-state index contributed by atoms with van der Waals surface area (Å²) in [6, 6.07) is 13.4. The number of amides is 1. The van der Waals surface area contributed by atoms with E-state index in [0.29, 0.717) is 27.4 Å². The highest BCUT2D eigenvalue weighted by atomic mass is 35.5. The Morgan fingerprint density at radius 1 is 1.00 bits per heavy atom. The normalized spacial score (nSPS) is 22.6. The Hall–Kier alpha value is -2.43. The molecule has 4 nitrogen and oxygen atoms in total. The van der Waals surface area contributed by atoms with Crippen LogP contribution in [-0.4, -0.2) is 21.7 Å². The van der Waals surface area contributed by atoms with E-state index in [1.807, 2.05) is 0 Å². The van der Waals surface area contributed by atoms with Crippen molar-refractivity contribution in [2.45, 2.75) is 5.72 Å². The van der Waals surface area contributed by atoms with Crippen LogP contribution in [0.1, 0.15) is 21.5 Å². The van der Waals surface area contributed by atoms with Crippen molar-refractivity contribution >= 4 is 29.0 Å². The second-order valence-electron chi connectivity index (χ2n) is 5.26. The molecule has 0 aromatic heterocycles. The van der Waals surface area contributed by atoms with E-state index >= 15 is 0 Å². The highest BCUT2D eigenvalue weighted by Gasteiger charge is 2.58. The molecule has 108 valence electrons. The molecule has 1 atom stereocenters. The minimum atomic E-state index is -1.94. The maximum Gasteiger partial charge on any atom is 0.261 e. The number of nitrogens with zero attached hydrogens (tertiary/aromatic N) is 1. The molecule has 0 spiro atoms. The van der Waals surface area contributed by atoms with E-state index < -0.39 is 11.5 Å². The van der Waals surface area contributed by atoms with Gasteiger partial charge in [0.2, 0.25) is 11.5 Å². The van der Waals surface area contributed by atoms with Crippen LogP contribution in [-0.2, 0) is 10.5 Å². The van der Waals surface area contributed by atoms with Crippen molar-refractivity contribution in [1.82, 2.24) is 4.90 Å². The molecule has 2 aliphatic heterocycles. The number of carbonyl (C=O) groups is 2. The summed E-state index contributed by atoms with van der Waals surface area (Å²) in [7, 11) is 0. The van der Waals surface area contributed by atoms with Crippen molar-refractivity contribution in [2.75, 3.05) is 0 Å².